The molecule has 3 unspecified atom stereocenters. The number of amides is 1. The third kappa shape index (κ3) is 42.4. The molecule has 3 atom stereocenters. The number of hydrogen-bond donors (Lipinski definition) is 3. The van der Waals surface area contributed by atoms with Crippen LogP contribution in [0.15, 0.2) is 48.6 Å². The highest BCUT2D eigenvalue weighted by Gasteiger charge is 2.28. The van der Waals surface area contributed by atoms with E-state index in [1.807, 2.05) is 21.1 Å². The highest BCUT2D eigenvalue weighted by atomic mass is 31.2. The Bertz CT molecular complexity index is 1070. The van der Waals surface area contributed by atoms with Crippen LogP contribution in [0.2, 0.25) is 0 Å². The standard InChI is InChI=1S/C48H91N2O6P/c1-6-8-10-12-14-16-18-20-22-23-24-25-26-28-29-31-33-35-37-39-41-47(51)46(45-56-57(53,54)55-44-43-50(3,4)5)49-48(52)42-40-38-36-34-32-30-27-21-19-17-15-13-11-9-7-2/h9,11,15,17,21,27,32,34,46-47,51H,6-8,10,12-14,16,18-20,22-26,28-31,33,35-45H2,1-5H3,(H-,49,52,53,54)/p+1/b11-9-,17-15-,27-21-,34-32-. The molecule has 0 aromatic heterocycles. The van der Waals surface area contributed by atoms with E-state index in [-0.39, 0.29) is 19.1 Å². The minimum Gasteiger partial charge on any atom is -0.391 e. The molecular weight excluding hydrogens is 732 g/mol. The molecular formula is C48H92N2O6P+. The van der Waals surface area contributed by atoms with Gasteiger partial charge in [0.25, 0.3) is 0 Å². The zero-order valence-electron chi connectivity index (χ0n) is 37.8. The van der Waals surface area contributed by atoms with Gasteiger partial charge in [-0.1, -0.05) is 191 Å². The van der Waals surface area contributed by atoms with Gasteiger partial charge in [0.2, 0.25) is 5.91 Å². The van der Waals surface area contributed by atoms with E-state index in [9.17, 15) is 19.4 Å². The summed E-state index contributed by atoms with van der Waals surface area (Å²) in [7, 11) is 1.58. The quantitative estimate of drug-likeness (QED) is 0.0245. The average Bonchev–Trinajstić information content (AvgIpc) is 3.16. The maximum atomic E-state index is 12.9. The Morgan fingerprint density at radius 3 is 1.51 bits per heavy atom. The number of phosphoric ester groups is 1. The Morgan fingerprint density at radius 2 is 1.05 bits per heavy atom. The van der Waals surface area contributed by atoms with Crippen LogP contribution in [0.25, 0.3) is 0 Å². The zero-order valence-corrected chi connectivity index (χ0v) is 38.7. The molecule has 0 rings (SSSR count). The lowest BCUT2D eigenvalue weighted by atomic mass is 10.0. The van der Waals surface area contributed by atoms with Crippen molar-refractivity contribution in [1.29, 1.82) is 0 Å². The number of phosphoric acid groups is 1. The van der Waals surface area contributed by atoms with E-state index in [2.05, 4.69) is 67.8 Å². The van der Waals surface area contributed by atoms with Gasteiger partial charge < -0.3 is 19.8 Å². The molecule has 0 aromatic carbocycles. The number of aliphatic hydroxyl groups is 1. The van der Waals surface area contributed by atoms with E-state index in [4.69, 9.17) is 9.05 Å². The van der Waals surface area contributed by atoms with E-state index < -0.39 is 20.0 Å². The lowest BCUT2D eigenvalue weighted by Crippen LogP contribution is -2.46. The fourth-order valence-electron chi connectivity index (χ4n) is 6.62. The number of likely N-dealkylation sites (N-methyl/N-ethyl adjacent to an activating group) is 1. The van der Waals surface area contributed by atoms with Gasteiger partial charge in [-0.25, -0.2) is 4.57 Å². The summed E-state index contributed by atoms with van der Waals surface area (Å²) in [6, 6.07) is -0.783. The Hall–Kier alpha value is -1.54. The van der Waals surface area contributed by atoms with Gasteiger partial charge in [-0.05, 0) is 51.4 Å². The predicted molar refractivity (Wildman–Crippen MR) is 244 cm³/mol. The number of nitrogens with zero attached hydrogens (tertiary/aromatic N) is 1. The summed E-state index contributed by atoms with van der Waals surface area (Å²) in [6.45, 7) is 4.74. The first kappa shape index (κ1) is 55.5. The molecule has 0 radical (unpaired) electrons. The van der Waals surface area contributed by atoms with Gasteiger partial charge in [0.05, 0.1) is 39.9 Å². The molecule has 0 spiro atoms. The van der Waals surface area contributed by atoms with Crippen molar-refractivity contribution >= 4 is 13.7 Å². The summed E-state index contributed by atoms with van der Waals surface area (Å²) in [5.74, 6) is -0.185. The molecule has 3 N–H and O–H groups in total. The number of nitrogens with one attached hydrogen (secondary N) is 1. The summed E-state index contributed by atoms with van der Waals surface area (Å²) in [6.07, 6.45) is 50.0. The van der Waals surface area contributed by atoms with Gasteiger partial charge in [-0.3, -0.25) is 13.8 Å². The van der Waals surface area contributed by atoms with Crippen molar-refractivity contribution in [3.05, 3.63) is 48.6 Å². The van der Waals surface area contributed by atoms with Gasteiger partial charge >= 0.3 is 7.82 Å². The van der Waals surface area contributed by atoms with Gasteiger partial charge in [0.1, 0.15) is 13.2 Å². The molecule has 0 aromatic rings. The molecule has 9 heteroatoms. The number of quaternary nitrogens is 1. The van der Waals surface area contributed by atoms with Crippen LogP contribution in [0, 0.1) is 0 Å². The maximum Gasteiger partial charge on any atom is 0.472 e. The number of aliphatic hydroxyl groups excluding tert-OH is 1. The van der Waals surface area contributed by atoms with Gasteiger partial charge in [0, 0.05) is 6.42 Å². The lowest BCUT2D eigenvalue weighted by molar-refractivity contribution is -0.870. The fraction of sp³-hybridized carbons (Fsp3) is 0.812. The second-order valence-electron chi connectivity index (χ2n) is 17.1. The first-order chi connectivity index (χ1) is 27.5. The van der Waals surface area contributed by atoms with Crippen LogP contribution in [-0.4, -0.2) is 73.4 Å². The van der Waals surface area contributed by atoms with Crippen molar-refractivity contribution < 1.29 is 32.9 Å². The number of carbonyl (C=O) groups is 1. The largest absolute Gasteiger partial charge is 0.472 e. The summed E-state index contributed by atoms with van der Waals surface area (Å²) in [5, 5.41) is 14.0. The van der Waals surface area contributed by atoms with Crippen molar-refractivity contribution in [1.82, 2.24) is 5.32 Å². The number of unbranched alkanes of at least 4 members (excludes halogenated alkanes) is 21. The van der Waals surface area contributed by atoms with Crippen LogP contribution in [-0.2, 0) is 18.4 Å². The minimum absolute atomic E-state index is 0.0650. The van der Waals surface area contributed by atoms with Gasteiger partial charge in [0.15, 0.2) is 0 Å². The maximum absolute atomic E-state index is 12.9. The van der Waals surface area contributed by atoms with Crippen molar-refractivity contribution in [2.45, 2.75) is 212 Å². The van der Waals surface area contributed by atoms with Crippen LogP contribution in [0.5, 0.6) is 0 Å². The normalized spacial score (nSPS) is 14.7. The first-order valence-corrected chi connectivity index (χ1v) is 25.0. The van der Waals surface area contributed by atoms with E-state index in [0.717, 1.165) is 64.2 Å². The lowest BCUT2D eigenvalue weighted by Gasteiger charge is -2.26. The van der Waals surface area contributed by atoms with Crippen molar-refractivity contribution in [3.63, 3.8) is 0 Å². The number of allylic oxidation sites excluding steroid dienone is 8. The van der Waals surface area contributed by atoms with Crippen molar-refractivity contribution in [2.75, 3.05) is 40.9 Å². The second-order valence-corrected chi connectivity index (χ2v) is 18.6. The highest BCUT2D eigenvalue weighted by molar-refractivity contribution is 7.47. The third-order valence-electron chi connectivity index (χ3n) is 10.3. The Morgan fingerprint density at radius 1 is 0.614 bits per heavy atom. The van der Waals surface area contributed by atoms with Crippen LogP contribution in [0.4, 0.5) is 0 Å². The second kappa shape index (κ2) is 39.9. The molecule has 0 saturated carbocycles. The number of rotatable bonds is 42. The Balaban J connectivity index is 4.36. The van der Waals surface area contributed by atoms with Gasteiger partial charge in [-0.2, -0.15) is 0 Å². The van der Waals surface area contributed by atoms with Crippen LogP contribution in [0.3, 0.4) is 0 Å². The zero-order chi connectivity index (χ0) is 42.1. The average molecular weight is 824 g/mol. The van der Waals surface area contributed by atoms with Crippen LogP contribution < -0.4 is 5.32 Å². The first-order valence-electron chi connectivity index (χ1n) is 23.5. The molecule has 57 heavy (non-hydrogen) atoms. The molecule has 0 bridgehead atoms. The summed E-state index contributed by atoms with van der Waals surface area (Å²) in [5.41, 5.74) is 0. The van der Waals surface area contributed by atoms with E-state index in [1.165, 1.54) is 109 Å². The van der Waals surface area contributed by atoms with Crippen LogP contribution in [0.1, 0.15) is 200 Å². The topological polar surface area (TPSA) is 105 Å². The van der Waals surface area contributed by atoms with Crippen LogP contribution >= 0.6 is 7.82 Å². The van der Waals surface area contributed by atoms with Crippen molar-refractivity contribution in [3.8, 4) is 0 Å². The molecule has 8 nitrogen and oxygen atoms in total. The summed E-state index contributed by atoms with van der Waals surface area (Å²) >= 11 is 0. The number of hydrogen-bond acceptors (Lipinski definition) is 5. The Labute approximate surface area is 352 Å². The molecule has 0 aliphatic heterocycles. The number of carbonyl (C=O) groups excluding carboxylic acids is 1. The highest BCUT2D eigenvalue weighted by Crippen LogP contribution is 2.43. The van der Waals surface area contributed by atoms with Gasteiger partial charge in [-0.15, -0.1) is 0 Å². The molecule has 0 aliphatic carbocycles. The SMILES string of the molecule is CC/C=C\C/C=C\C/C=C\C/C=C\CCCCC(=O)NC(COP(=O)(O)OCC[N+](C)(C)C)C(O)CCCCCCCCCCCCCCCCCCCCCC. The molecule has 0 aliphatic rings. The molecule has 1 amide bonds. The molecule has 0 saturated heterocycles. The molecule has 0 heterocycles. The summed E-state index contributed by atoms with van der Waals surface area (Å²) < 4.78 is 23.6. The van der Waals surface area contributed by atoms with Crippen molar-refractivity contribution in [2.24, 2.45) is 0 Å². The fourth-order valence-corrected chi connectivity index (χ4v) is 7.36. The molecule has 0 fully saturated rings. The minimum atomic E-state index is -4.33. The Kier molecular flexibility index (Phi) is 38.8. The molecule has 334 valence electrons. The van der Waals surface area contributed by atoms with E-state index in [1.54, 1.807) is 0 Å². The predicted octanol–water partition coefficient (Wildman–Crippen LogP) is 13.2. The smallest absolute Gasteiger partial charge is 0.391 e. The monoisotopic (exact) mass is 824 g/mol. The van der Waals surface area contributed by atoms with E-state index in [0.29, 0.717) is 23.9 Å². The summed E-state index contributed by atoms with van der Waals surface area (Å²) in [4.78, 5) is 23.2. The third-order valence-corrected chi connectivity index (χ3v) is 11.3. The van der Waals surface area contributed by atoms with E-state index >= 15 is 0 Å².